The maximum absolute atomic E-state index is 9.98. The first-order valence-corrected chi connectivity index (χ1v) is 11.3. The van der Waals surface area contributed by atoms with Crippen molar-refractivity contribution in [3.8, 4) is 29.0 Å². The zero-order valence-electron chi connectivity index (χ0n) is 18.7. The van der Waals surface area contributed by atoms with E-state index in [0.717, 1.165) is 46.7 Å². The lowest BCUT2D eigenvalue weighted by atomic mass is 9.76. The highest BCUT2D eigenvalue weighted by atomic mass is 16.5. The minimum Gasteiger partial charge on any atom is -0.422 e. The lowest BCUT2D eigenvalue weighted by Gasteiger charge is -2.29. The number of nitrogens with zero attached hydrogens (tertiary/aromatic N) is 6. The first-order valence-electron chi connectivity index (χ1n) is 11.3. The summed E-state index contributed by atoms with van der Waals surface area (Å²) in [4.78, 5) is 8.63. The number of nitriles is 1. The highest BCUT2D eigenvalue weighted by Crippen LogP contribution is 2.49. The zero-order chi connectivity index (χ0) is 23.2. The van der Waals surface area contributed by atoms with E-state index in [4.69, 9.17) is 15.6 Å². The zero-order valence-corrected chi connectivity index (χ0v) is 18.7. The number of aryl methyl sites for hydroxylation is 1. The molecule has 34 heavy (non-hydrogen) atoms. The van der Waals surface area contributed by atoms with Crippen LogP contribution in [-0.4, -0.2) is 24.3 Å². The standard InChI is InChI=1S/C26H23N7O/c1-32-26-22(23(31-32)17-3-2-4-17)21(20(15-27)24(28)34-26)16-5-7-19(8-6-16)33-14-13-30-25(33)18-9-11-29-12-10-18/h5-14,17,21H,2-4,28H2,1H3. The molecule has 4 heterocycles. The molecule has 1 aliphatic heterocycles. The van der Waals surface area contributed by atoms with Crippen molar-refractivity contribution in [3.63, 3.8) is 0 Å². The molecule has 1 fully saturated rings. The van der Waals surface area contributed by atoms with E-state index in [-0.39, 0.29) is 11.8 Å². The Morgan fingerprint density at radius 3 is 2.53 bits per heavy atom. The predicted molar refractivity (Wildman–Crippen MR) is 126 cm³/mol. The Bertz CT molecular complexity index is 1440. The van der Waals surface area contributed by atoms with Gasteiger partial charge in [0, 0.05) is 49.0 Å². The van der Waals surface area contributed by atoms with Crippen LogP contribution < -0.4 is 10.5 Å². The summed E-state index contributed by atoms with van der Waals surface area (Å²) >= 11 is 0. The summed E-state index contributed by atoms with van der Waals surface area (Å²) in [5, 5.41) is 14.8. The summed E-state index contributed by atoms with van der Waals surface area (Å²) in [5.74, 6) is 1.69. The average Bonchev–Trinajstić information content (AvgIpc) is 3.43. The van der Waals surface area contributed by atoms with Gasteiger partial charge in [0.15, 0.2) is 0 Å². The summed E-state index contributed by atoms with van der Waals surface area (Å²) in [7, 11) is 1.87. The molecule has 1 saturated carbocycles. The van der Waals surface area contributed by atoms with E-state index in [1.807, 2.05) is 54.2 Å². The van der Waals surface area contributed by atoms with Gasteiger partial charge in [-0.15, -0.1) is 0 Å². The molecule has 0 bridgehead atoms. The van der Waals surface area contributed by atoms with Crippen LogP contribution in [-0.2, 0) is 7.05 Å². The van der Waals surface area contributed by atoms with E-state index in [1.165, 1.54) is 6.42 Å². The van der Waals surface area contributed by atoms with E-state index >= 15 is 0 Å². The largest absolute Gasteiger partial charge is 0.422 e. The lowest BCUT2D eigenvalue weighted by Crippen LogP contribution is -2.23. The van der Waals surface area contributed by atoms with E-state index < -0.39 is 0 Å². The molecule has 1 unspecified atom stereocenters. The van der Waals surface area contributed by atoms with Crippen molar-refractivity contribution < 1.29 is 4.74 Å². The third-order valence-electron chi connectivity index (χ3n) is 6.80. The number of nitrogens with two attached hydrogens (primary N) is 1. The smallest absolute Gasteiger partial charge is 0.224 e. The van der Waals surface area contributed by atoms with Crippen molar-refractivity contribution in [2.24, 2.45) is 12.8 Å². The predicted octanol–water partition coefficient (Wildman–Crippen LogP) is 4.15. The molecule has 168 valence electrons. The Labute approximate surface area is 196 Å². The molecule has 2 aliphatic rings. The molecule has 6 rings (SSSR count). The maximum Gasteiger partial charge on any atom is 0.224 e. The summed E-state index contributed by atoms with van der Waals surface area (Å²) in [6.45, 7) is 0. The molecule has 0 amide bonds. The van der Waals surface area contributed by atoms with Crippen LogP contribution in [0.25, 0.3) is 17.1 Å². The van der Waals surface area contributed by atoms with Gasteiger partial charge in [0.25, 0.3) is 0 Å². The molecule has 3 aromatic heterocycles. The van der Waals surface area contributed by atoms with Gasteiger partial charge in [-0.1, -0.05) is 18.6 Å². The third kappa shape index (κ3) is 3.09. The van der Waals surface area contributed by atoms with Gasteiger partial charge in [-0.3, -0.25) is 9.55 Å². The third-order valence-corrected chi connectivity index (χ3v) is 6.80. The van der Waals surface area contributed by atoms with Crippen molar-refractivity contribution in [1.29, 1.82) is 5.26 Å². The lowest BCUT2D eigenvalue weighted by molar-refractivity contribution is 0.358. The number of allylic oxidation sites excluding steroid dienone is 1. The van der Waals surface area contributed by atoms with Gasteiger partial charge in [-0.25, -0.2) is 9.67 Å². The van der Waals surface area contributed by atoms with Gasteiger partial charge in [-0.2, -0.15) is 10.4 Å². The number of aromatic nitrogens is 5. The molecule has 8 nitrogen and oxygen atoms in total. The molecule has 8 heteroatoms. The quantitative estimate of drug-likeness (QED) is 0.501. The SMILES string of the molecule is Cn1nc(C2CCC2)c2c1OC(N)=C(C#N)C2c1ccc(-n2ccnc2-c2ccncc2)cc1. The summed E-state index contributed by atoms with van der Waals surface area (Å²) < 4.78 is 9.67. The van der Waals surface area contributed by atoms with Crippen molar-refractivity contribution in [3.05, 3.63) is 89.5 Å². The van der Waals surface area contributed by atoms with Gasteiger partial charge in [0.2, 0.25) is 11.8 Å². The van der Waals surface area contributed by atoms with E-state index in [1.54, 1.807) is 23.3 Å². The number of hydrogen-bond donors (Lipinski definition) is 1. The fraction of sp³-hybridized carbons (Fsp3) is 0.231. The summed E-state index contributed by atoms with van der Waals surface area (Å²) in [6, 6.07) is 14.4. The fourth-order valence-corrected chi connectivity index (χ4v) is 4.87. The van der Waals surface area contributed by atoms with E-state index in [9.17, 15) is 5.26 Å². The number of pyridine rings is 1. The first-order chi connectivity index (χ1) is 16.7. The van der Waals surface area contributed by atoms with Crippen LogP contribution in [0.15, 0.2) is 72.6 Å². The van der Waals surface area contributed by atoms with Crippen LogP contribution in [0.5, 0.6) is 5.88 Å². The number of benzene rings is 1. The van der Waals surface area contributed by atoms with Gasteiger partial charge in [0.05, 0.1) is 17.2 Å². The van der Waals surface area contributed by atoms with Crippen LogP contribution in [0.3, 0.4) is 0 Å². The second-order valence-electron chi connectivity index (χ2n) is 8.73. The average molecular weight is 450 g/mol. The van der Waals surface area contributed by atoms with Crippen LogP contribution in [0.4, 0.5) is 0 Å². The number of ether oxygens (including phenoxy) is 1. The van der Waals surface area contributed by atoms with Gasteiger partial charge < -0.3 is 10.5 Å². The molecule has 1 aliphatic carbocycles. The van der Waals surface area contributed by atoms with Crippen molar-refractivity contribution in [2.45, 2.75) is 31.1 Å². The summed E-state index contributed by atoms with van der Waals surface area (Å²) in [5.41, 5.74) is 11.5. The molecule has 0 saturated heterocycles. The minimum atomic E-state index is -0.311. The molecular weight excluding hydrogens is 426 g/mol. The first kappa shape index (κ1) is 20.2. The highest BCUT2D eigenvalue weighted by Gasteiger charge is 2.39. The number of hydrogen-bond acceptors (Lipinski definition) is 6. The topological polar surface area (TPSA) is 108 Å². The normalized spacial score (nSPS) is 17.6. The monoisotopic (exact) mass is 449 g/mol. The highest BCUT2D eigenvalue weighted by molar-refractivity contribution is 5.60. The van der Waals surface area contributed by atoms with Crippen molar-refractivity contribution in [1.82, 2.24) is 24.3 Å². The minimum absolute atomic E-state index is 0.141. The Hall–Kier alpha value is -4.38. The van der Waals surface area contributed by atoms with E-state index in [0.29, 0.717) is 17.4 Å². The van der Waals surface area contributed by atoms with E-state index in [2.05, 4.69) is 16.0 Å². The Kier molecular flexibility index (Phi) is 4.69. The Morgan fingerprint density at radius 1 is 1.09 bits per heavy atom. The number of rotatable bonds is 4. The molecule has 1 atom stereocenters. The second-order valence-corrected chi connectivity index (χ2v) is 8.73. The maximum atomic E-state index is 9.98. The molecule has 1 aromatic carbocycles. The fourth-order valence-electron chi connectivity index (χ4n) is 4.87. The van der Waals surface area contributed by atoms with Crippen molar-refractivity contribution >= 4 is 0 Å². The molecule has 0 spiro atoms. The van der Waals surface area contributed by atoms with Crippen molar-refractivity contribution in [2.75, 3.05) is 0 Å². The van der Waals surface area contributed by atoms with Crippen LogP contribution >= 0.6 is 0 Å². The Balaban J connectivity index is 1.43. The van der Waals surface area contributed by atoms with Gasteiger partial charge in [0.1, 0.15) is 17.5 Å². The number of fused-ring (bicyclic) bond motifs is 1. The number of imidazole rings is 1. The van der Waals surface area contributed by atoms with Gasteiger partial charge in [-0.05, 0) is 42.7 Å². The molecule has 4 aromatic rings. The second kappa shape index (κ2) is 7.89. The molecule has 2 N–H and O–H groups in total. The Morgan fingerprint density at radius 2 is 1.85 bits per heavy atom. The van der Waals surface area contributed by atoms with Gasteiger partial charge >= 0.3 is 0 Å². The van der Waals surface area contributed by atoms with Crippen LogP contribution in [0.2, 0.25) is 0 Å². The molecule has 0 radical (unpaired) electrons. The van der Waals surface area contributed by atoms with Crippen LogP contribution in [0, 0.1) is 11.3 Å². The summed E-state index contributed by atoms with van der Waals surface area (Å²) in [6.07, 6.45) is 10.6. The van der Waals surface area contributed by atoms with Crippen LogP contribution in [0.1, 0.15) is 47.9 Å². The molecular formula is C26H23N7O.